The number of hydrogen-bond acceptors (Lipinski definition) is 8. The number of carbonyl (C=O) groups is 2. The molecule has 0 aliphatic rings. The molecule has 10 heteroatoms. The van der Waals surface area contributed by atoms with Gasteiger partial charge in [0.25, 0.3) is 7.82 Å². The minimum atomic E-state index is -4.65. The minimum Gasteiger partial charge on any atom is -0.756 e. The zero-order valence-corrected chi connectivity index (χ0v) is 36.9. The van der Waals surface area contributed by atoms with Gasteiger partial charge in [-0.15, -0.1) is 0 Å². The summed E-state index contributed by atoms with van der Waals surface area (Å²) in [4.78, 5) is 37.5. The molecule has 0 fully saturated rings. The Morgan fingerprint density at radius 3 is 1.52 bits per heavy atom. The van der Waals surface area contributed by atoms with Gasteiger partial charge < -0.3 is 27.9 Å². The molecule has 0 bridgehead atoms. The van der Waals surface area contributed by atoms with Crippen LogP contribution in [0.2, 0.25) is 0 Å². The highest BCUT2D eigenvalue weighted by molar-refractivity contribution is 7.45. The van der Waals surface area contributed by atoms with Crippen molar-refractivity contribution in [3.63, 3.8) is 0 Å². The van der Waals surface area contributed by atoms with Crippen LogP contribution in [0.25, 0.3) is 0 Å². The van der Waals surface area contributed by atoms with Crippen LogP contribution in [0.5, 0.6) is 0 Å². The van der Waals surface area contributed by atoms with Gasteiger partial charge in [-0.1, -0.05) is 132 Å². The van der Waals surface area contributed by atoms with E-state index in [2.05, 4.69) is 86.8 Å². The van der Waals surface area contributed by atoms with E-state index < -0.39 is 32.5 Å². The van der Waals surface area contributed by atoms with Crippen molar-refractivity contribution in [2.75, 3.05) is 47.5 Å². The Morgan fingerprint density at radius 1 is 0.554 bits per heavy atom. The maximum Gasteiger partial charge on any atom is 0.306 e. The van der Waals surface area contributed by atoms with Crippen molar-refractivity contribution in [3.05, 3.63) is 72.9 Å². The number of phosphoric ester groups is 1. The maximum absolute atomic E-state index is 12.6. The van der Waals surface area contributed by atoms with Crippen LogP contribution in [-0.4, -0.2) is 70.0 Å². The first-order valence-electron chi connectivity index (χ1n) is 21.6. The SMILES string of the molecule is CCCCC/C=C\C/C=C\C/C=C\CCCCC(=O)O[C@H](COC(=O)CCC/C=C\C/C=C\C/C=C\CCCCCCCC)COP(=O)([O-])OCC[N+](C)(C)C. The first kappa shape index (κ1) is 53.5. The van der Waals surface area contributed by atoms with E-state index in [1.807, 2.05) is 21.1 Å². The number of ether oxygens (including phenoxy) is 2. The van der Waals surface area contributed by atoms with Crippen LogP contribution >= 0.6 is 7.82 Å². The van der Waals surface area contributed by atoms with Crippen molar-refractivity contribution in [1.29, 1.82) is 0 Å². The highest BCUT2D eigenvalue weighted by atomic mass is 31.2. The van der Waals surface area contributed by atoms with Crippen molar-refractivity contribution in [3.8, 4) is 0 Å². The highest BCUT2D eigenvalue weighted by Gasteiger charge is 2.21. The van der Waals surface area contributed by atoms with E-state index in [-0.39, 0.29) is 26.1 Å². The third-order valence-electron chi connectivity index (χ3n) is 8.70. The van der Waals surface area contributed by atoms with E-state index in [1.54, 1.807) is 0 Å². The molecule has 0 amide bonds. The number of allylic oxidation sites excluding steroid dienone is 12. The van der Waals surface area contributed by atoms with E-state index >= 15 is 0 Å². The fraction of sp³-hybridized carbons (Fsp3) is 0.696. The average molecular weight is 806 g/mol. The van der Waals surface area contributed by atoms with E-state index in [0.717, 1.165) is 57.8 Å². The minimum absolute atomic E-state index is 0.0492. The predicted molar refractivity (Wildman–Crippen MR) is 231 cm³/mol. The first-order chi connectivity index (χ1) is 27.0. The molecule has 0 N–H and O–H groups in total. The van der Waals surface area contributed by atoms with Gasteiger partial charge in [0, 0.05) is 12.8 Å². The largest absolute Gasteiger partial charge is 0.756 e. The van der Waals surface area contributed by atoms with Crippen LogP contribution in [-0.2, 0) is 32.7 Å². The lowest BCUT2D eigenvalue weighted by atomic mass is 10.1. The number of hydrogen-bond donors (Lipinski definition) is 0. The van der Waals surface area contributed by atoms with Crippen LogP contribution in [0, 0.1) is 0 Å². The summed E-state index contributed by atoms with van der Waals surface area (Å²) in [5, 5.41) is 0. The van der Waals surface area contributed by atoms with Crippen molar-refractivity contribution < 1.29 is 42.1 Å². The van der Waals surface area contributed by atoms with Crippen LogP contribution in [0.1, 0.15) is 155 Å². The second-order valence-corrected chi connectivity index (χ2v) is 16.8. The second-order valence-electron chi connectivity index (χ2n) is 15.3. The number of likely N-dealkylation sites (N-methyl/N-ethyl adjacent to an activating group) is 1. The summed E-state index contributed by atoms with van der Waals surface area (Å²) in [6.07, 6.45) is 46.5. The summed E-state index contributed by atoms with van der Waals surface area (Å²) in [7, 11) is 1.10. The summed E-state index contributed by atoms with van der Waals surface area (Å²) in [5.41, 5.74) is 0. The molecular weight excluding hydrogens is 725 g/mol. The quantitative estimate of drug-likeness (QED) is 0.0199. The van der Waals surface area contributed by atoms with Gasteiger partial charge in [0.2, 0.25) is 0 Å². The highest BCUT2D eigenvalue weighted by Crippen LogP contribution is 2.38. The molecule has 56 heavy (non-hydrogen) atoms. The van der Waals surface area contributed by atoms with Crippen molar-refractivity contribution in [2.45, 2.75) is 161 Å². The zero-order valence-electron chi connectivity index (χ0n) is 36.1. The number of unbranched alkanes of at least 4 members (excludes halogenated alkanes) is 12. The zero-order chi connectivity index (χ0) is 41.4. The Labute approximate surface area is 342 Å². The molecule has 9 nitrogen and oxygen atoms in total. The molecule has 0 rings (SSSR count). The molecule has 0 aliphatic carbocycles. The standard InChI is InChI=1S/C46H80NO8P/c1-6-8-10-12-14-16-18-20-22-23-25-26-28-30-32-34-36-38-45(48)52-42-44(43-54-56(50,51)53-41-40-47(3,4)5)55-46(49)39-37-35-33-31-29-27-24-21-19-17-15-13-11-9-7-2/h15,17,20-22,24-26,29-32,44H,6-14,16,18-19,23,27-28,33-43H2,1-5H3/b17-15-,22-20-,24-21-,26-25-,31-29-,32-30-/t44-/m1/s1. The number of quaternary nitrogens is 1. The molecular formula is C46H80NO8P. The number of carbonyl (C=O) groups excluding carboxylic acids is 2. The van der Waals surface area contributed by atoms with E-state index in [9.17, 15) is 19.0 Å². The molecule has 322 valence electrons. The Kier molecular flexibility index (Phi) is 36.3. The summed E-state index contributed by atoms with van der Waals surface area (Å²) >= 11 is 0. The Hall–Kier alpha value is -2.55. The fourth-order valence-corrected chi connectivity index (χ4v) is 5.99. The molecule has 0 spiro atoms. The van der Waals surface area contributed by atoms with Gasteiger partial charge >= 0.3 is 11.9 Å². The molecule has 0 radical (unpaired) electrons. The molecule has 0 aromatic rings. The monoisotopic (exact) mass is 806 g/mol. The second kappa shape index (κ2) is 38.0. The lowest BCUT2D eigenvalue weighted by molar-refractivity contribution is -0.870. The van der Waals surface area contributed by atoms with E-state index in [0.29, 0.717) is 23.9 Å². The van der Waals surface area contributed by atoms with E-state index in [1.165, 1.54) is 57.8 Å². The summed E-state index contributed by atoms with van der Waals surface area (Å²) in [6.45, 7) is 4.06. The third kappa shape index (κ3) is 41.1. The van der Waals surface area contributed by atoms with Crippen molar-refractivity contribution >= 4 is 19.8 Å². The van der Waals surface area contributed by atoms with Gasteiger partial charge in [-0.3, -0.25) is 14.2 Å². The molecule has 0 aromatic heterocycles. The number of esters is 2. The average Bonchev–Trinajstić information content (AvgIpc) is 3.15. The van der Waals surface area contributed by atoms with Crippen LogP contribution in [0.4, 0.5) is 0 Å². The molecule has 1 unspecified atom stereocenters. The van der Waals surface area contributed by atoms with Gasteiger partial charge in [-0.05, 0) is 83.5 Å². The summed E-state index contributed by atoms with van der Waals surface area (Å²) in [5.74, 6) is -0.948. The number of phosphoric acid groups is 1. The van der Waals surface area contributed by atoms with Gasteiger partial charge in [0.15, 0.2) is 6.10 Å². The molecule has 0 heterocycles. The summed E-state index contributed by atoms with van der Waals surface area (Å²) < 4.78 is 33.8. The number of nitrogens with zero attached hydrogens (tertiary/aromatic N) is 1. The fourth-order valence-electron chi connectivity index (χ4n) is 5.26. The van der Waals surface area contributed by atoms with Crippen LogP contribution in [0.15, 0.2) is 72.9 Å². The Balaban J connectivity index is 4.54. The van der Waals surface area contributed by atoms with Crippen molar-refractivity contribution in [2.24, 2.45) is 0 Å². The van der Waals surface area contributed by atoms with Crippen LogP contribution in [0.3, 0.4) is 0 Å². The topological polar surface area (TPSA) is 111 Å². The lowest BCUT2D eigenvalue weighted by Gasteiger charge is -2.28. The maximum atomic E-state index is 12.6. The van der Waals surface area contributed by atoms with Crippen LogP contribution < -0.4 is 4.89 Å². The van der Waals surface area contributed by atoms with Gasteiger partial charge in [-0.2, -0.15) is 0 Å². The third-order valence-corrected chi connectivity index (χ3v) is 9.66. The molecule has 0 aromatic carbocycles. The molecule has 0 aliphatic heterocycles. The van der Waals surface area contributed by atoms with Crippen molar-refractivity contribution in [1.82, 2.24) is 0 Å². The van der Waals surface area contributed by atoms with Gasteiger partial charge in [0.1, 0.15) is 19.8 Å². The van der Waals surface area contributed by atoms with Gasteiger partial charge in [-0.25, -0.2) is 0 Å². The Bertz CT molecular complexity index is 1180. The number of rotatable bonds is 38. The summed E-state index contributed by atoms with van der Waals surface area (Å²) in [6, 6.07) is 0. The molecule has 0 saturated carbocycles. The molecule has 0 saturated heterocycles. The van der Waals surface area contributed by atoms with E-state index in [4.69, 9.17) is 18.5 Å². The predicted octanol–water partition coefficient (Wildman–Crippen LogP) is 11.6. The van der Waals surface area contributed by atoms with Gasteiger partial charge in [0.05, 0.1) is 27.7 Å². The Morgan fingerprint density at radius 2 is 0.982 bits per heavy atom. The lowest BCUT2D eigenvalue weighted by Crippen LogP contribution is -2.37. The first-order valence-corrected chi connectivity index (χ1v) is 23.1. The normalized spacial score (nSPS) is 14.3. The smallest absolute Gasteiger partial charge is 0.306 e. The molecule has 2 atom stereocenters.